The lowest BCUT2D eigenvalue weighted by atomic mass is 10.1. The Labute approximate surface area is 79.8 Å². The van der Waals surface area contributed by atoms with Crippen molar-refractivity contribution in [3.05, 3.63) is 41.2 Å². The summed E-state index contributed by atoms with van der Waals surface area (Å²) in [6, 6.07) is 3.72. The molecule has 2 aliphatic rings. The molecule has 1 aromatic heterocycles. The van der Waals surface area contributed by atoms with Gasteiger partial charge in [-0.05, 0) is 12.1 Å². The molecule has 0 aromatic carbocycles. The maximum absolute atomic E-state index is 11.6. The quantitative estimate of drug-likeness (QED) is 0.546. The van der Waals surface area contributed by atoms with E-state index in [2.05, 4.69) is 9.98 Å². The van der Waals surface area contributed by atoms with Crippen LogP contribution in [0.2, 0.25) is 0 Å². The molecule has 1 aromatic rings. The summed E-state index contributed by atoms with van der Waals surface area (Å²) < 4.78 is 0. The molecule has 66 valence electrons. The molecule has 0 fully saturated rings. The Bertz CT molecular complexity index is 608. The summed E-state index contributed by atoms with van der Waals surface area (Å²) in [5.74, 6) is 0.0120. The summed E-state index contributed by atoms with van der Waals surface area (Å²) in [5, 5.41) is 1.72. The summed E-state index contributed by atoms with van der Waals surface area (Å²) >= 11 is 0. The summed E-state index contributed by atoms with van der Waals surface area (Å²) in [4.78, 5) is 19.9. The van der Waals surface area contributed by atoms with Crippen LogP contribution in [0.15, 0.2) is 35.6 Å². The highest BCUT2D eigenvalue weighted by Gasteiger charge is 2.20. The van der Waals surface area contributed by atoms with E-state index in [0.717, 1.165) is 16.3 Å². The van der Waals surface area contributed by atoms with Crippen molar-refractivity contribution in [1.29, 1.82) is 0 Å². The molecule has 0 atom stereocenters. The van der Waals surface area contributed by atoms with Gasteiger partial charge in [-0.25, -0.2) is 0 Å². The summed E-state index contributed by atoms with van der Waals surface area (Å²) in [6.07, 6.45) is 6.57. The zero-order valence-corrected chi connectivity index (χ0v) is 7.27. The van der Waals surface area contributed by atoms with Gasteiger partial charge in [-0.2, -0.15) is 0 Å². The number of allylic oxidation sites excluding steroid dienone is 1. The fourth-order valence-electron chi connectivity index (χ4n) is 1.71. The van der Waals surface area contributed by atoms with Crippen LogP contribution in [-0.2, 0) is 4.79 Å². The van der Waals surface area contributed by atoms with E-state index >= 15 is 0 Å². The van der Waals surface area contributed by atoms with E-state index in [1.807, 2.05) is 18.2 Å². The van der Waals surface area contributed by atoms with Crippen molar-refractivity contribution >= 4 is 23.1 Å². The second kappa shape index (κ2) is 2.48. The van der Waals surface area contributed by atoms with Gasteiger partial charge in [-0.15, -0.1) is 0 Å². The molecular weight excluding hydrogens is 176 g/mol. The highest BCUT2D eigenvalue weighted by atomic mass is 16.1. The molecule has 0 amide bonds. The first-order chi connectivity index (χ1) is 6.86. The van der Waals surface area contributed by atoms with Crippen LogP contribution in [0, 0.1) is 0 Å². The number of aromatic nitrogens is 1. The van der Waals surface area contributed by atoms with E-state index in [4.69, 9.17) is 0 Å². The van der Waals surface area contributed by atoms with E-state index in [1.54, 1.807) is 6.20 Å². The SMILES string of the molecule is O=C1C=CN=C2C=c3ncccc3=C12. The summed E-state index contributed by atoms with van der Waals surface area (Å²) in [7, 11) is 0. The molecule has 2 heterocycles. The molecule has 0 saturated carbocycles. The van der Waals surface area contributed by atoms with Gasteiger partial charge in [-0.1, -0.05) is 6.07 Å². The third-order valence-electron chi connectivity index (χ3n) is 2.32. The van der Waals surface area contributed by atoms with E-state index in [9.17, 15) is 4.79 Å². The van der Waals surface area contributed by atoms with Crippen molar-refractivity contribution in [1.82, 2.24) is 4.98 Å². The Morgan fingerprint density at radius 1 is 1.29 bits per heavy atom. The van der Waals surface area contributed by atoms with Crippen molar-refractivity contribution in [2.24, 2.45) is 4.99 Å². The number of nitrogens with zero attached hydrogens (tertiary/aromatic N) is 2. The number of ketones is 1. The molecule has 14 heavy (non-hydrogen) atoms. The fourth-order valence-corrected chi connectivity index (χ4v) is 1.71. The van der Waals surface area contributed by atoms with Crippen LogP contribution in [0.5, 0.6) is 0 Å². The van der Waals surface area contributed by atoms with Gasteiger partial charge in [0.1, 0.15) is 0 Å². The Balaban J connectivity index is 2.51. The van der Waals surface area contributed by atoms with Gasteiger partial charge in [0, 0.05) is 23.7 Å². The molecule has 1 aliphatic carbocycles. The van der Waals surface area contributed by atoms with E-state index in [1.165, 1.54) is 12.3 Å². The lowest BCUT2D eigenvalue weighted by molar-refractivity contribution is -0.109. The van der Waals surface area contributed by atoms with Crippen LogP contribution in [0.25, 0.3) is 11.6 Å². The van der Waals surface area contributed by atoms with Gasteiger partial charge in [0.05, 0.1) is 16.6 Å². The topological polar surface area (TPSA) is 42.3 Å². The van der Waals surface area contributed by atoms with Crippen molar-refractivity contribution in [2.75, 3.05) is 0 Å². The molecule has 3 nitrogen and oxygen atoms in total. The van der Waals surface area contributed by atoms with E-state index < -0.39 is 0 Å². The van der Waals surface area contributed by atoms with Gasteiger partial charge in [0.15, 0.2) is 5.78 Å². The zero-order chi connectivity index (χ0) is 9.54. The first kappa shape index (κ1) is 7.38. The number of fused-ring (bicyclic) bond motifs is 2. The van der Waals surface area contributed by atoms with Gasteiger partial charge in [-0.3, -0.25) is 14.8 Å². The third-order valence-corrected chi connectivity index (χ3v) is 2.32. The molecule has 1 aliphatic heterocycles. The minimum absolute atomic E-state index is 0.0120. The van der Waals surface area contributed by atoms with Crippen LogP contribution < -0.4 is 10.6 Å². The third kappa shape index (κ3) is 0.836. The Morgan fingerprint density at radius 2 is 2.21 bits per heavy atom. The number of pyridine rings is 1. The van der Waals surface area contributed by atoms with Gasteiger partial charge < -0.3 is 0 Å². The first-order valence-electron chi connectivity index (χ1n) is 4.32. The van der Waals surface area contributed by atoms with Crippen molar-refractivity contribution in [2.45, 2.75) is 0 Å². The number of rotatable bonds is 0. The number of carbonyl (C=O) groups is 1. The predicted molar refractivity (Wildman–Crippen MR) is 52.9 cm³/mol. The molecule has 0 N–H and O–H groups in total. The zero-order valence-electron chi connectivity index (χ0n) is 7.27. The second-order valence-corrected chi connectivity index (χ2v) is 3.15. The second-order valence-electron chi connectivity index (χ2n) is 3.15. The fraction of sp³-hybridized carbons (Fsp3) is 0. The monoisotopic (exact) mass is 182 g/mol. The largest absolute Gasteiger partial charge is 0.289 e. The van der Waals surface area contributed by atoms with E-state index in [0.29, 0.717) is 5.57 Å². The van der Waals surface area contributed by atoms with Crippen LogP contribution in [0.1, 0.15) is 0 Å². The number of hydrogen-bond donors (Lipinski definition) is 0. The van der Waals surface area contributed by atoms with Crippen molar-refractivity contribution in [3.63, 3.8) is 0 Å². The van der Waals surface area contributed by atoms with E-state index in [-0.39, 0.29) is 5.78 Å². The van der Waals surface area contributed by atoms with Gasteiger partial charge in [0.2, 0.25) is 0 Å². The van der Waals surface area contributed by atoms with Crippen LogP contribution in [0.3, 0.4) is 0 Å². The maximum Gasteiger partial charge on any atom is 0.190 e. The standard InChI is InChI=1S/C11H6N2O/c14-10-3-5-13-9-6-8-7(11(9)10)2-1-4-12-8/h1-6H. The Kier molecular flexibility index (Phi) is 1.31. The molecular formula is C11H6N2O. The number of hydrogen-bond acceptors (Lipinski definition) is 3. The van der Waals surface area contributed by atoms with Crippen molar-refractivity contribution in [3.8, 4) is 0 Å². The maximum atomic E-state index is 11.6. The van der Waals surface area contributed by atoms with Gasteiger partial charge >= 0.3 is 0 Å². The molecule has 3 rings (SSSR count). The molecule has 3 heteroatoms. The first-order valence-corrected chi connectivity index (χ1v) is 4.32. The average Bonchev–Trinajstić information content (AvgIpc) is 2.57. The lowest BCUT2D eigenvalue weighted by Crippen LogP contribution is -2.27. The smallest absolute Gasteiger partial charge is 0.190 e. The highest BCUT2D eigenvalue weighted by molar-refractivity contribution is 6.55. The summed E-state index contributed by atoms with van der Waals surface area (Å²) in [5.41, 5.74) is 1.40. The molecule has 0 radical (unpaired) electrons. The number of carbonyl (C=O) groups excluding carboxylic acids is 1. The van der Waals surface area contributed by atoms with Crippen LogP contribution in [0.4, 0.5) is 0 Å². The number of aliphatic imine (C=N–C) groups is 1. The molecule has 0 saturated heterocycles. The van der Waals surface area contributed by atoms with Crippen LogP contribution >= 0.6 is 0 Å². The normalized spacial score (nSPS) is 17.3. The molecule has 0 unspecified atom stereocenters. The Morgan fingerprint density at radius 3 is 3.14 bits per heavy atom. The molecule has 0 spiro atoms. The lowest BCUT2D eigenvalue weighted by Gasteiger charge is -2.02. The highest BCUT2D eigenvalue weighted by Crippen LogP contribution is 2.10. The minimum Gasteiger partial charge on any atom is -0.289 e. The average molecular weight is 182 g/mol. The van der Waals surface area contributed by atoms with Crippen molar-refractivity contribution < 1.29 is 4.79 Å². The summed E-state index contributed by atoms with van der Waals surface area (Å²) in [6.45, 7) is 0. The Hall–Kier alpha value is -2.03. The molecule has 0 bridgehead atoms. The van der Waals surface area contributed by atoms with Gasteiger partial charge in [0.25, 0.3) is 0 Å². The minimum atomic E-state index is 0.0120. The van der Waals surface area contributed by atoms with Crippen LogP contribution in [-0.4, -0.2) is 16.5 Å². The predicted octanol–water partition coefficient (Wildman–Crippen LogP) is -0.436.